The predicted molar refractivity (Wildman–Crippen MR) is 80.8 cm³/mol. The number of methoxy groups -OCH3 is 1. The van der Waals surface area contributed by atoms with Crippen LogP contribution in [0.4, 0.5) is 0 Å². The second kappa shape index (κ2) is 7.12. The number of hydrogen-bond acceptors (Lipinski definition) is 3. The monoisotopic (exact) mass is 286 g/mol. The van der Waals surface area contributed by atoms with Crippen LogP contribution in [0.2, 0.25) is 0 Å². The molecule has 0 unspecified atom stereocenters. The maximum Gasteiger partial charge on any atom is 0.227 e. The van der Waals surface area contributed by atoms with E-state index in [-0.39, 0.29) is 11.9 Å². The Hall–Kier alpha value is -2.02. The molecule has 0 heterocycles. The maximum absolute atomic E-state index is 12.5. The summed E-state index contributed by atoms with van der Waals surface area (Å²) >= 11 is 0. The molecule has 0 bridgehead atoms. The molecule has 112 valence electrons. The van der Waals surface area contributed by atoms with Crippen LogP contribution in [-0.2, 0) is 11.2 Å². The Morgan fingerprint density at radius 2 is 2.10 bits per heavy atom. The van der Waals surface area contributed by atoms with Gasteiger partial charge in [-0.15, -0.1) is 0 Å². The largest absolute Gasteiger partial charge is 0.497 e. The fourth-order valence-electron chi connectivity index (χ4n) is 2.58. The highest BCUT2D eigenvalue weighted by atomic mass is 16.5. The third-order valence-corrected chi connectivity index (χ3v) is 4.10. The molecule has 1 amide bonds. The molecule has 2 rings (SSSR count). The Bertz CT molecular complexity index is 515. The van der Waals surface area contributed by atoms with Gasteiger partial charge < -0.3 is 9.64 Å². The average Bonchev–Trinajstić information content (AvgIpc) is 3.33. The number of rotatable bonds is 7. The van der Waals surface area contributed by atoms with Gasteiger partial charge in [0.15, 0.2) is 0 Å². The summed E-state index contributed by atoms with van der Waals surface area (Å²) in [6.07, 6.45) is 3.16. The summed E-state index contributed by atoms with van der Waals surface area (Å²) in [5.41, 5.74) is 0.978. The summed E-state index contributed by atoms with van der Waals surface area (Å²) < 4.78 is 5.12. The Kier molecular flexibility index (Phi) is 5.21. The van der Waals surface area contributed by atoms with Crippen LogP contribution in [0.15, 0.2) is 24.3 Å². The van der Waals surface area contributed by atoms with Gasteiger partial charge in [-0.25, -0.2) is 0 Å². The fraction of sp³-hybridized carbons (Fsp3) is 0.529. The van der Waals surface area contributed by atoms with Crippen molar-refractivity contribution in [1.29, 1.82) is 5.26 Å². The Morgan fingerprint density at radius 1 is 1.43 bits per heavy atom. The van der Waals surface area contributed by atoms with Gasteiger partial charge in [-0.05, 0) is 43.4 Å². The van der Waals surface area contributed by atoms with Crippen molar-refractivity contribution in [3.8, 4) is 11.8 Å². The molecule has 1 atom stereocenters. The number of nitrogens with zero attached hydrogens (tertiary/aromatic N) is 2. The quantitative estimate of drug-likeness (QED) is 0.774. The normalized spacial score (nSPS) is 15.1. The van der Waals surface area contributed by atoms with E-state index in [0.717, 1.165) is 11.3 Å². The molecule has 0 aromatic heterocycles. The Labute approximate surface area is 126 Å². The van der Waals surface area contributed by atoms with Crippen LogP contribution in [-0.4, -0.2) is 30.5 Å². The molecule has 0 spiro atoms. The number of nitriles is 1. The van der Waals surface area contributed by atoms with Crippen molar-refractivity contribution in [2.45, 2.75) is 38.6 Å². The molecule has 21 heavy (non-hydrogen) atoms. The third-order valence-electron chi connectivity index (χ3n) is 4.10. The average molecular weight is 286 g/mol. The van der Waals surface area contributed by atoms with E-state index in [0.29, 0.717) is 25.3 Å². The van der Waals surface area contributed by atoms with Crippen molar-refractivity contribution in [1.82, 2.24) is 4.90 Å². The number of ether oxygens (including phenoxy) is 1. The third kappa shape index (κ3) is 4.22. The second-order valence-electron chi connectivity index (χ2n) is 5.60. The Morgan fingerprint density at radius 3 is 2.62 bits per heavy atom. The van der Waals surface area contributed by atoms with Gasteiger partial charge in [-0.1, -0.05) is 12.1 Å². The van der Waals surface area contributed by atoms with Crippen LogP contribution in [0.25, 0.3) is 0 Å². The first kappa shape index (κ1) is 15.4. The van der Waals surface area contributed by atoms with Crippen LogP contribution in [0.1, 0.15) is 31.7 Å². The molecular weight excluding hydrogens is 264 g/mol. The van der Waals surface area contributed by atoms with Crippen molar-refractivity contribution in [3.63, 3.8) is 0 Å². The highest BCUT2D eigenvalue weighted by molar-refractivity contribution is 5.79. The van der Waals surface area contributed by atoms with Crippen LogP contribution in [0.3, 0.4) is 0 Å². The predicted octanol–water partition coefficient (Wildman–Crippen LogP) is 2.78. The lowest BCUT2D eigenvalue weighted by Crippen LogP contribution is -2.41. The molecule has 1 aromatic carbocycles. The topological polar surface area (TPSA) is 53.3 Å². The zero-order chi connectivity index (χ0) is 15.2. The minimum atomic E-state index is 0.106. The molecule has 0 aliphatic heterocycles. The van der Waals surface area contributed by atoms with E-state index in [2.05, 4.69) is 13.0 Å². The zero-order valence-electron chi connectivity index (χ0n) is 12.7. The summed E-state index contributed by atoms with van der Waals surface area (Å²) in [5, 5.41) is 8.78. The molecule has 0 saturated heterocycles. The molecule has 1 aromatic rings. The van der Waals surface area contributed by atoms with Gasteiger partial charge in [0.05, 0.1) is 26.0 Å². The first-order chi connectivity index (χ1) is 10.2. The smallest absolute Gasteiger partial charge is 0.227 e. The molecule has 4 heteroatoms. The maximum atomic E-state index is 12.5. The molecular formula is C17H22N2O2. The lowest BCUT2D eigenvalue weighted by atomic mass is 10.1. The number of carbonyl (C=O) groups excluding carboxylic acids is 1. The van der Waals surface area contributed by atoms with Crippen molar-refractivity contribution >= 4 is 5.91 Å². The number of amides is 1. The molecule has 1 aliphatic rings. The SMILES string of the molecule is COc1ccc(CC(=O)N(CCC#N)[C@@H](C)C2CC2)cc1. The number of carbonyl (C=O) groups is 1. The minimum absolute atomic E-state index is 0.106. The van der Waals surface area contributed by atoms with E-state index in [1.165, 1.54) is 12.8 Å². The lowest BCUT2D eigenvalue weighted by molar-refractivity contribution is -0.132. The molecule has 4 nitrogen and oxygen atoms in total. The van der Waals surface area contributed by atoms with Crippen molar-refractivity contribution in [2.24, 2.45) is 5.92 Å². The van der Waals surface area contributed by atoms with E-state index >= 15 is 0 Å². The van der Waals surface area contributed by atoms with E-state index < -0.39 is 0 Å². The van der Waals surface area contributed by atoms with Gasteiger partial charge in [0.2, 0.25) is 5.91 Å². The van der Waals surface area contributed by atoms with E-state index in [9.17, 15) is 4.79 Å². The highest BCUT2D eigenvalue weighted by Crippen LogP contribution is 2.35. The van der Waals surface area contributed by atoms with Gasteiger partial charge in [0.25, 0.3) is 0 Å². The molecule has 0 N–H and O–H groups in total. The fourth-order valence-corrected chi connectivity index (χ4v) is 2.58. The number of hydrogen-bond donors (Lipinski definition) is 0. The summed E-state index contributed by atoms with van der Waals surface area (Å²) in [7, 11) is 1.63. The van der Waals surface area contributed by atoms with E-state index in [1.54, 1.807) is 7.11 Å². The van der Waals surface area contributed by atoms with Gasteiger partial charge in [-0.2, -0.15) is 5.26 Å². The second-order valence-corrected chi connectivity index (χ2v) is 5.60. The standard InChI is InChI=1S/C17H22N2O2/c1-13(15-6-7-15)19(11-3-10-18)17(20)12-14-4-8-16(21-2)9-5-14/h4-5,8-9,13,15H,3,6-7,11-12H2,1-2H3/t13-/m0/s1. The zero-order valence-corrected chi connectivity index (χ0v) is 12.7. The summed E-state index contributed by atoms with van der Waals surface area (Å²) in [6.45, 7) is 2.63. The Balaban J connectivity index is 2.00. The van der Waals surface area contributed by atoms with Gasteiger partial charge in [0.1, 0.15) is 5.75 Å². The number of benzene rings is 1. The van der Waals surface area contributed by atoms with Crippen LogP contribution in [0.5, 0.6) is 5.75 Å². The lowest BCUT2D eigenvalue weighted by Gasteiger charge is -2.29. The van der Waals surface area contributed by atoms with Gasteiger partial charge in [0, 0.05) is 12.6 Å². The van der Waals surface area contributed by atoms with Crippen LogP contribution < -0.4 is 4.74 Å². The van der Waals surface area contributed by atoms with E-state index in [4.69, 9.17) is 10.00 Å². The van der Waals surface area contributed by atoms with Gasteiger partial charge in [-0.3, -0.25) is 4.79 Å². The highest BCUT2D eigenvalue weighted by Gasteiger charge is 2.33. The van der Waals surface area contributed by atoms with Crippen LogP contribution in [0, 0.1) is 17.2 Å². The molecule has 1 aliphatic carbocycles. The molecule has 1 saturated carbocycles. The van der Waals surface area contributed by atoms with E-state index in [1.807, 2.05) is 29.2 Å². The van der Waals surface area contributed by atoms with Gasteiger partial charge >= 0.3 is 0 Å². The molecule has 1 fully saturated rings. The minimum Gasteiger partial charge on any atom is -0.497 e. The first-order valence-corrected chi connectivity index (χ1v) is 7.45. The molecule has 0 radical (unpaired) electrons. The van der Waals surface area contributed by atoms with Crippen LogP contribution >= 0.6 is 0 Å². The summed E-state index contributed by atoms with van der Waals surface area (Å²) in [6, 6.07) is 9.95. The van der Waals surface area contributed by atoms with Crippen molar-refractivity contribution in [3.05, 3.63) is 29.8 Å². The summed E-state index contributed by atoms with van der Waals surface area (Å²) in [4.78, 5) is 14.4. The van der Waals surface area contributed by atoms with Crippen molar-refractivity contribution < 1.29 is 9.53 Å². The first-order valence-electron chi connectivity index (χ1n) is 7.45. The van der Waals surface area contributed by atoms with Crippen molar-refractivity contribution in [2.75, 3.05) is 13.7 Å². The summed E-state index contributed by atoms with van der Waals surface area (Å²) in [5.74, 6) is 1.51.